The van der Waals surface area contributed by atoms with Crippen LogP contribution in [0.2, 0.25) is 5.02 Å². The smallest absolute Gasteiger partial charge is 0.256 e. The first-order valence-electron chi connectivity index (χ1n) is 7.36. The third kappa shape index (κ3) is 5.11. The van der Waals surface area contributed by atoms with Crippen molar-refractivity contribution in [2.45, 2.75) is 6.54 Å². The lowest BCUT2D eigenvalue weighted by atomic mass is 10.1. The van der Waals surface area contributed by atoms with Crippen molar-refractivity contribution in [3.05, 3.63) is 58.6 Å². The molecule has 1 N–H and O–H groups in total. The molecule has 134 valence electrons. The highest BCUT2D eigenvalue weighted by atomic mass is 35.5. The minimum atomic E-state index is -3.49. The highest BCUT2D eigenvalue weighted by molar-refractivity contribution is 7.92. The zero-order chi connectivity index (χ0) is 18.6. The molecule has 1 amide bonds. The number of nitrogens with one attached hydrogen (secondary N) is 1. The Hall–Kier alpha value is -2.25. The average Bonchev–Trinajstić information content (AvgIpc) is 2.53. The van der Waals surface area contributed by atoms with E-state index in [2.05, 4.69) is 4.72 Å². The number of hydrogen-bond donors (Lipinski definition) is 1. The quantitative estimate of drug-likeness (QED) is 0.833. The molecule has 2 rings (SSSR count). The lowest BCUT2D eigenvalue weighted by Crippen LogP contribution is -2.27. The summed E-state index contributed by atoms with van der Waals surface area (Å²) in [5.41, 5.74) is 1.25. The van der Waals surface area contributed by atoms with Gasteiger partial charge in [0.05, 0.1) is 24.6 Å². The van der Waals surface area contributed by atoms with Gasteiger partial charge in [-0.15, -0.1) is 0 Å². The number of methoxy groups -OCH3 is 1. The van der Waals surface area contributed by atoms with Crippen LogP contribution in [0.3, 0.4) is 0 Å². The maximum absolute atomic E-state index is 12.8. The van der Waals surface area contributed by atoms with Crippen LogP contribution in [0.1, 0.15) is 15.9 Å². The molecule has 0 fully saturated rings. The van der Waals surface area contributed by atoms with E-state index in [1.54, 1.807) is 56.6 Å². The van der Waals surface area contributed by atoms with Gasteiger partial charge in [0.25, 0.3) is 5.91 Å². The van der Waals surface area contributed by atoms with E-state index in [9.17, 15) is 13.2 Å². The van der Waals surface area contributed by atoms with Crippen LogP contribution in [0.4, 0.5) is 5.69 Å². The molecule has 0 unspecified atom stereocenters. The standard InChI is InChI=1S/C17H19ClN2O4S/c1-20(11-12-10-13(18)8-9-16(12)24-2)17(21)14-6-4-5-7-15(14)19-25(3,22)23/h4-10,19H,11H2,1-3H3. The van der Waals surface area contributed by atoms with E-state index in [4.69, 9.17) is 16.3 Å². The molecule has 0 aliphatic carbocycles. The summed E-state index contributed by atoms with van der Waals surface area (Å²) < 4.78 is 30.6. The molecule has 8 heteroatoms. The van der Waals surface area contributed by atoms with E-state index in [1.807, 2.05) is 0 Å². The van der Waals surface area contributed by atoms with Crippen molar-refractivity contribution in [3.63, 3.8) is 0 Å². The number of nitrogens with zero attached hydrogens (tertiary/aromatic N) is 1. The van der Waals surface area contributed by atoms with Crippen LogP contribution in [-0.4, -0.2) is 39.6 Å². The Morgan fingerprint density at radius 3 is 2.56 bits per heavy atom. The SMILES string of the molecule is COc1ccc(Cl)cc1CN(C)C(=O)c1ccccc1NS(C)(=O)=O. The predicted octanol–water partition coefficient (Wildman–Crippen LogP) is 2.99. The summed E-state index contributed by atoms with van der Waals surface area (Å²) in [6, 6.07) is 11.6. The second kappa shape index (κ2) is 7.76. The second-order valence-electron chi connectivity index (χ2n) is 5.54. The number of benzene rings is 2. The Morgan fingerprint density at radius 2 is 1.92 bits per heavy atom. The molecule has 0 saturated carbocycles. The monoisotopic (exact) mass is 382 g/mol. The molecule has 6 nitrogen and oxygen atoms in total. The summed E-state index contributed by atoms with van der Waals surface area (Å²) in [4.78, 5) is 14.2. The third-order valence-corrected chi connectivity index (χ3v) is 4.28. The summed E-state index contributed by atoms with van der Waals surface area (Å²) in [5, 5.41) is 0.538. The zero-order valence-corrected chi connectivity index (χ0v) is 15.7. The normalized spacial score (nSPS) is 11.0. The maximum Gasteiger partial charge on any atom is 0.256 e. The highest BCUT2D eigenvalue weighted by Gasteiger charge is 2.18. The summed E-state index contributed by atoms with van der Waals surface area (Å²) >= 11 is 6.02. The minimum Gasteiger partial charge on any atom is -0.496 e. The number of para-hydroxylation sites is 1. The molecule has 0 bridgehead atoms. The van der Waals surface area contributed by atoms with Crippen molar-refractivity contribution < 1.29 is 17.9 Å². The highest BCUT2D eigenvalue weighted by Crippen LogP contribution is 2.25. The van der Waals surface area contributed by atoms with Crippen LogP contribution in [0.15, 0.2) is 42.5 Å². The summed E-state index contributed by atoms with van der Waals surface area (Å²) in [5.74, 6) is 0.292. The fourth-order valence-electron chi connectivity index (χ4n) is 2.36. The maximum atomic E-state index is 12.8. The fraction of sp³-hybridized carbons (Fsp3) is 0.235. The zero-order valence-electron chi connectivity index (χ0n) is 14.1. The first kappa shape index (κ1) is 19.1. The molecule has 2 aromatic rings. The number of carbonyl (C=O) groups excluding carboxylic acids is 1. The van der Waals surface area contributed by atoms with E-state index >= 15 is 0 Å². The van der Waals surface area contributed by atoms with Gasteiger partial charge in [-0.25, -0.2) is 8.42 Å². The van der Waals surface area contributed by atoms with Gasteiger partial charge in [0, 0.05) is 24.2 Å². The molecule has 0 aliphatic rings. The number of hydrogen-bond acceptors (Lipinski definition) is 4. The van der Waals surface area contributed by atoms with Gasteiger partial charge in [-0.2, -0.15) is 0 Å². The van der Waals surface area contributed by atoms with Crippen LogP contribution < -0.4 is 9.46 Å². The second-order valence-corrected chi connectivity index (χ2v) is 7.72. The van der Waals surface area contributed by atoms with Crippen molar-refractivity contribution in [1.82, 2.24) is 4.90 Å². The third-order valence-electron chi connectivity index (χ3n) is 3.45. The lowest BCUT2D eigenvalue weighted by molar-refractivity contribution is 0.0785. The van der Waals surface area contributed by atoms with Crippen LogP contribution in [0.25, 0.3) is 0 Å². The summed E-state index contributed by atoms with van der Waals surface area (Å²) in [6.07, 6.45) is 1.04. The summed E-state index contributed by atoms with van der Waals surface area (Å²) in [6.45, 7) is 0.260. The lowest BCUT2D eigenvalue weighted by Gasteiger charge is -2.20. The number of sulfonamides is 1. The Labute approximate surface area is 152 Å². The fourth-order valence-corrected chi connectivity index (χ4v) is 3.13. The van der Waals surface area contributed by atoms with Crippen molar-refractivity contribution in [1.29, 1.82) is 0 Å². The van der Waals surface area contributed by atoms with E-state index in [1.165, 1.54) is 4.90 Å². The van der Waals surface area contributed by atoms with Crippen LogP contribution in [0, 0.1) is 0 Å². The van der Waals surface area contributed by atoms with Crippen molar-refractivity contribution in [3.8, 4) is 5.75 Å². The van der Waals surface area contributed by atoms with Crippen molar-refractivity contribution in [2.75, 3.05) is 25.1 Å². The molecule has 0 aliphatic heterocycles. The number of halogens is 1. The molecule has 25 heavy (non-hydrogen) atoms. The van der Waals surface area contributed by atoms with Gasteiger partial charge in [0.15, 0.2) is 0 Å². The molecule has 0 heterocycles. The summed E-state index contributed by atoms with van der Waals surface area (Å²) in [7, 11) is -0.326. The Bertz CT molecular complexity index is 884. The van der Waals surface area contributed by atoms with Crippen molar-refractivity contribution in [2.24, 2.45) is 0 Å². The van der Waals surface area contributed by atoms with E-state index in [-0.39, 0.29) is 23.7 Å². The van der Waals surface area contributed by atoms with Gasteiger partial charge >= 0.3 is 0 Å². The Morgan fingerprint density at radius 1 is 1.24 bits per heavy atom. The molecular formula is C17H19ClN2O4S. The molecule has 0 aromatic heterocycles. The number of amides is 1. The van der Waals surface area contributed by atoms with E-state index in [0.717, 1.165) is 11.8 Å². The van der Waals surface area contributed by atoms with Gasteiger partial charge in [-0.1, -0.05) is 23.7 Å². The molecule has 0 saturated heterocycles. The first-order chi connectivity index (χ1) is 11.7. The van der Waals surface area contributed by atoms with Gasteiger partial charge in [-0.3, -0.25) is 9.52 Å². The average molecular weight is 383 g/mol. The largest absolute Gasteiger partial charge is 0.496 e. The van der Waals surface area contributed by atoms with Crippen LogP contribution in [-0.2, 0) is 16.6 Å². The molecule has 2 aromatic carbocycles. The van der Waals surface area contributed by atoms with Gasteiger partial charge < -0.3 is 9.64 Å². The van der Waals surface area contributed by atoms with Crippen molar-refractivity contribution >= 4 is 33.2 Å². The van der Waals surface area contributed by atoms with Gasteiger partial charge in [0.2, 0.25) is 10.0 Å². The van der Waals surface area contributed by atoms with E-state index < -0.39 is 10.0 Å². The molecule has 0 spiro atoms. The minimum absolute atomic E-state index is 0.236. The Kier molecular flexibility index (Phi) is 5.92. The van der Waals surface area contributed by atoms with E-state index in [0.29, 0.717) is 10.8 Å². The first-order valence-corrected chi connectivity index (χ1v) is 9.63. The number of rotatable bonds is 6. The number of ether oxygens (including phenoxy) is 1. The predicted molar refractivity (Wildman–Crippen MR) is 98.7 cm³/mol. The van der Waals surface area contributed by atoms with Crippen LogP contribution in [0.5, 0.6) is 5.75 Å². The van der Waals surface area contributed by atoms with Gasteiger partial charge in [-0.05, 0) is 30.3 Å². The number of carbonyl (C=O) groups is 1. The topological polar surface area (TPSA) is 75.7 Å². The van der Waals surface area contributed by atoms with Gasteiger partial charge in [0.1, 0.15) is 5.75 Å². The molecule has 0 atom stereocenters. The molecular weight excluding hydrogens is 364 g/mol. The molecule has 0 radical (unpaired) electrons. The van der Waals surface area contributed by atoms with Crippen LogP contribution >= 0.6 is 11.6 Å². The number of anilines is 1. The Balaban J connectivity index is 2.28.